The maximum Gasteiger partial charge on any atom is 0.142 e. The predicted octanol–water partition coefficient (Wildman–Crippen LogP) is 1.83. The Labute approximate surface area is 90.8 Å². The molecule has 2 rings (SSSR count). The van der Waals surface area contributed by atoms with Crippen molar-refractivity contribution in [2.75, 3.05) is 26.9 Å². The van der Waals surface area contributed by atoms with E-state index in [9.17, 15) is 0 Å². The summed E-state index contributed by atoms with van der Waals surface area (Å²) in [6.07, 6.45) is 2.30. The number of methoxy groups -OCH3 is 1. The lowest BCUT2D eigenvalue weighted by Gasteiger charge is -2.20. The van der Waals surface area contributed by atoms with Gasteiger partial charge in [0.25, 0.3) is 0 Å². The average molecular weight is 206 g/mol. The molecule has 1 aromatic carbocycles. The van der Waals surface area contributed by atoms with Crippen LogP contribution in [0.4, 0.5) is 5.69 Å². The van der Waals surface area contributed by atoms with Crippen LogP contribution in [0.1, 0.15) is 23.6 Å². The van der Waals surface area contributed by atoms with Gasteiger partial charge in [-0.05, 0) is 50.2 Å². The fourth-order valence-electron chi connectivity index (χ4n) is 2.34. The largest absolute Gasteiger partial charge is 0.495 e. The first-order chi connectivity index (χ1) is 7.13. The number of nitrogens with zero attached hydrogens (tertiary/aromatic N) is 1. The predicted molar refractivity (Wildman–Crippen MR) is 62.2 cm³/mol. The smallest absolute Gasteiger partial charge is 0.142 e. The number of benzene rings is 1. The standard InChI is InChI=1S/C12H18N2O/c1-14(2)11-5-4-8-6-12(15-3)10(13)7-9(8)11/h6-7,11H,4-5,13H2,1-3H3/t11-/m0/s1. The lowest BCUT2D eigenvalue weighted by molar-refractivity contribution is 0.299. The van der Waals surface area contributed by atoms with Gasteiger partial charge >= 0.3 is 0 Å². The van der Waals surface area contributed by atoms with Crippen molar-refractivity contribution in [3.8, 4) is 5.75 Å². The molecule has 1 aliphatic carbocycles. The molecule has 0 radical (unpaired) electrons. The van der Waals surface area contributed by atoms with Crippen molar-refractivity contribution in [2.24, 2.45) is 0 Å². The highest BCUT2D eigenvalue weighted by molar-refractivity contribution is 5.58. The first-order valence-corrected chi connectivity index (χ1v) is 5.26. The van der Waals surface area contributed by atoms with E-state index in [0.29, 0.717) is 6.04 Å². The minimum atomic E-state index is 0.508. The summed E-state index contributed by atoms with van der Waals surface area (Å²) in [7, 11) is 5.89. The second kappa shape index (κ2) is 3.74. The highest BCUT2D eigenvalue weighted by atomic mass is 16.5. The second-order valence-electron chi connectivity index (χ2n) is 4.31. The zero-order chi connectivity index (χ0) is 11.0. The molecule has 0 saturated carbocycles. The van der Waals surface area contributed by atoms with E-state index in [2.05, 4.69) is 31.1 Å². The second-order valence-corrected chi connectivity index (χ2v) is 4.31. The molecule has 0 heterocycles. The summed E-state index contributed by atoms with van der Waals surface area (Å²) in [4.78, 5) is 2.25. The molecule has 0 aromatic heterocycles. The topological polar surface area (TPSA) is 38.5 Å². The third kappa shape index (κ3) is 1.67. The third-order valence-corrected chi connectivity index (χ3v) is 3.16. The van der Waals surface area contributed by atoms with Crippen LogP contribution in [-0.2, 0) is 6.42 Å². The molecular weight excluding hydrogens is 188 g/mol. The summed E-state index contributed by atoms with van der Waals surface area (Å²) in [5, 5.41) is 0. The lowest BCUT2D eigenvalue weighted by atomic mass is 10.1. The molecule has 0 unspecified atom stereocenters. The summed E-state index contributed by atoms with van der Waals surface area (Å²) in [5.74, 6) is 0.799. The van der Waals surface area contributed by atoms with Crippen molar-refractivity contribution in [2.45, 2.75) is 18.9 Å². The molecule has 82 valence electrons. The zero-order valence-electron chi connectivity index (χ0n) is 9.58. The number of nitrogens with two attached hydrogens (primary N) is 1. The molecule has 3 heteroatoms. The van der Waals surface area contributed by atoms with Gasteiger partial charge < -0.3 is 15.4 Å². The van der Waals surface area contributed by atoms with Gasteiger partial charge in [-0.2, -0.15) is 0 Å². The van der Waals surface area contributed by atoms with Crippen molar-refractivity contribution >= 4 is 5.69 Å². The van der Waals surface area contributed by atoms with Gasteiger partial charge in [-0.3, -0.25) is 0 Å². The van der Waals surface area contributed by atoms with E-state index in [1.807, 2.05) is 0 Å². The number of nitrogen functional groups attached to an aromatic ring is 1. The van der Waals surface area contributed by atoms with E-state index in [1.165, 1.54) is 17.5 Å². The van der Waals surface area contributed by atoms with Crippen LogP contribution >= 0.6 is 0 Å². The van der Waals surface area contributed by atoms with E-state index in [1.54, 1.807) is 7.11 Å². The Morgan fingerprint density at radius 2 is 2.13 bits per heavy atom. The average Bonchev–Trinajstić information content (AvgIpc) is 2.59. The highest BCUT2D eigenvalue weighted by Crippen LogP contribution is 2.38. The number of fused-ring (bicyclic) bond motifs is 1. The van der Waals surface area contributed by atoms with Gasteiger partial charge in [0.2, 0.25) is 0 Å². The summed E-state index contributed by atoms with van der Waals surface area (Å²) >= 11 is 0. The summed E-state index contributed by atoms with van der Waals surface area (Å²) in [6, 6.07) is 4.65. The van der Waals surface area contributed by atoms with Gasteiger partial charge in [-0.25, -0.2) is 0 Å². The molecular formula is C12H18N2O. The van der Waals surface area contributed by atoms with Crippen LogP contribution in [0.15, 0.2) is 12.1 Å². The van der Waals surface area contributed by atoms with Gasteiger partial charge in [0.15, 0.2) is 0 Å². The van der Waals surface area contributed by atoms with Crippen LogP contribution in [0, 0.1) is 0 Å². The zero-order valence-corrected chi connectivity index (χ0v) is 9.58. The van der Waals surface area contributed by atoms with Gasteiger partial charge in [-0.1, -0.05) is 0 Å². The van der Waals surface area contributed by atoms with Gasteiger partial charge in [0.1, 0.15) is 5.75 Å². The van der Waals surface area contributed by atoms with E-state index >= 15 is 0 Å². The Hall–Kier alpha value is -1.22. The molecule has 0 saturated heterocycles. The Bertz CT molecular complexity index is 374. The van der Waals surface area contributed by atoms with E-state index in [-0.39, 0.29) is 0 Å². The van der Waals surface area contributed by atoms with Crippen molar-refractivity contribution in [3.63, 3.8) is 0 Å². The Morgan fingerprint density at radius 1 is 1.40 bits per heavy atom. The number of aryl methyl sites for hydroxylation is 1. The molecule has 1 aliphatic rings. The minimum Gasteiger partial charge on any atom is -0.495 e. The number of ether oxygens (including phenoxy) is 1. The van der Waals surface area contributed by atoms with Crippen LogP contribution in [0.3, 0.4) is 0 Å². The summed E-state index contributed by atoms with van der Waals surface area (Å²) in [5.41, 5.74) is 9.40. The van der Waals surface area contributed by atoms with Crippen LogP contribution in [0.25, 0.3) is 0 Å². The summed E-state index contributed by atoms with van der Waals surface area (Å²) in [6.45, 7) is 0. The minimum absolute atomic E-state index is 0.508. The maximum atomic E-state index is 5.92. The Morgan fingerprint density at radius 3 is 2.73 bits per heavy atom. The number of rotatable bonds is 2. The van der Waals surface area contributed by atoms with Crippen molar-refractivity contribution in [3.05, 3.63) is 23.3 Å². The molecule has 2 N–H and O–H groups in total. The van der Waals surface area contributed by atoms with Gasteiger partial charge in [0.05, 0.1) is 12.8 Å². The SMILES string of the molecule is COc1cc2c(cc1N)[C@@H](N(C)C)CC2. The monoisotopic (exact) mass is 206 g/mol. The van der Waals surface area contributed by atoms with E-state index in [0.717, 1.165) is 17.9 Å². The maximum absolute atomic E-state index is 5.92. The quantitative estimate of drug-likeness (QED) is 0.750. The van der Waals surface area contributed by atoms with Crippen molar-refractivity contribution in [1.29, 1.82) is 0 Å². The van der Waals surface area contributed by atoms with E-state index < -0.39 is 0 Å². The van der Waals surface area contributed by atoms with Gasteiger partial charge in [-0.15, -0.1) is 0 Å². The fourth-order valence-corrected chi connectivity index (χ4v) is 2.34. The van der Waals surface area contributed by atoms with Crippen molar-refractivity contribution in [1.82, 2.24) is 4.90 Å². The first-order valence-electron chi connectivity index (χ1n) is 5.26. The third-order valence-electron chi connectivity index (χ3n) is 3.16. The normalized spacial score (nSPS) is 19.3. The number of anilines is 1. The molecule has 1 aromatic rings. The molecule has 0 spiro atoms. The van der Waals surface area contributed by atoms with Crippen LogP contribution < -0.4 is 10.5 Å². The van der Waals surface area contributed by atoms with Gasteiger partial charge in [0, 0.05) is 6.04 Å². The molecule has 0 aliphatic heterocycles. The lowest BCUT2D eigenvalue weighted by Crippen LogP contribution is -2.17. The summed E-state index contributed by atoms with van der Waals surface area (Å²) < 4.78 is 5.23. The first kappa shape index (κ1) is 10.3. The molecule has 15 heavy (non-hydrogen) atoms. The molecule has 3 nitrogen and oxygen atoms in total. The van der Waals surface area contributed by atoms with Crippen molar-refractivity contribution < 1.29 is 4.74 Å². The fraction of sp³-hybridized carbons (Fsp3) is 0.500. The Kier molecular flexibility index (Phi) is 2.57. The van der Waals surface area contributed by atoms with Crippen LogP contribution in [0.5, 0.6) is 5.75 Å². The van der Waals surface area contributed by atoms with Crippen LogP contribution in [0.2, 0.25) is 0 Å². The van der Waals surface area contributed by atoms with E-state index in [4.69, 9.17) is 10.5 Å². The van der Waals surface area contributed by atoms with Crippen LogP contribution in [-0.4, -0.2) is 26.1 Å². The number of hydrogen-bond acceptors (Lipinski definition) is 3. The Balaban J connectivity index is 2.43. The molecule has 0 fully saturated rings. The molecule has 1 atom stereocenters. The molecule has 0 amide bonds. The number of hydrogen-bond donors (Lipinski definition) is 1. The highest BCUT2D eigenvalue weighted by Gasteiger charge is 2.25. The molecule has 0 bridgehead atoms.